The van der Waals surface area contributed by atoms with Crippen molar-refractivity contribution in [3.8, 4) is 0 Å². The molecule has 2 N–H and O–H groups in total. The fourth-order valence-electron chi connectivity index (χ4n) is 0.333. The van der Waals surface area contributed by atoms with Crippen LogP contribution in [0.2, 0.25) is 0 Å². The minimum absolute atomic E-state index is 0.691. The van der Waals surface area contributed by atoms with Crippen molar-refractivity contribution in [3.05, 3.63) is 0 Å². The monoisotopic (exact) mass is 136 g/mol. The summed E-state index contributed by atoms with van der Waals surface area (Å²) in [6, 6.07) is 0. The van der Waals surface area contributed by atoms with Crippen molar-refractivity contribution in [2.45, 2.75) is 5.97 Å². The van der Waals surface area contributed by atoms with Crippen molar-refractivity contribution in [3.63, 3.8) is 0 Å². The molecular formula is C2H4O5Si. The molecule has 0 saturated carbocycles. The van der Waals surface area contributed by atoms with E-state index in [1.807, 2.05) is 0 Å². The molecule has 8 heavy (non-hydrogen) atoms. The van der Waals surface area contributed by atoms with Crippen molar-refractivity contribution in [1.82, 2.24) is 0 Å². The van der Waals surface area contributed by atoms with E-state index in [1.165, 1.54) is 0 Å². The first kappa shape index (κ1) is 5.67. The van der Waals surface area contributed by atoms with Gasteiger partial charge in [-0.15, -0.1) is 0 Å². The Hall–Kier alpha value is -0.463. The van der Waals surface area contributed by atoms with Gasteiger partial charge in [-0.05, 0) is 0 Å². The molecule has 6 heteroatoms. The smallest absolute Gasteiger partial charge is 0.434 e. The first-order valence-corrected chi connectivity index (χ1v) is 3.14. The highest BCUT2D eigenvalue weighted by atomic mass is 28.3. The van der Waals surface area contributed by atoms with Crippen LogP contribution < -0.4 is 0 Å². The Bertz CT molecular complexity index is 114. The van der Waals surface area contributed by atoms with E-state index >= 15 is 0 Å². The van der Waals surface area contributed by atoms with Gasteiger partial charge in [-0.2, -0.15) is 0 Å². The molecule has 0 aromatic rings. The lowest BCUT2D eigenvalue weighted by Crippen LogP contribution is -2.55. The minimum Gasteiger partial charge on any atom is -0.434 e. The van der Waals surface area contributed by atoms with E-state index in [0.29, 0.717) is 0 Å². The number of rotatable bonds is 1. The quantitative estimate of drug-likeness (QED) is 0.411. The van der Waals surface area contributed by atoms with E-state index in [4.69, 9.17) is 10.2 Å². The number of aliphatic hydroxyl groups excluding tert-OH is 1. The van der Waals surface area contributed by atoms with Gasteiger partial charge in [-0.25, -0.2) is 0 Å². The topological polar surface area (TPSA) is 76.0 Å². The average Bonchev–Trinajstić information content (AvgIpc) is 1.63. The fraction of sp³-hybridized carbons (Fsp3) is 1.00. The van der Waals surface area contributed by atoms with Crippen molar-refractivity contribution in [2.24, 2.45) is 0 Å². The molecule has 1 rings (SSSR count). The molecule has 0 unspecified atom stereocenters. The van der Waals surface area contributed by atoms with E-state index in [-0.39, 0.29) is 0 Å². The van der Waals surface area contributed by atoms with Crippen LogP contribution in [0.15, 0.2) is 0 Å². The van der Waals surface area contributed by atoms with Gasteiger partial charge in [0.15, 0.2) is 0 Å². The van der Waals surface area contributed by atoms with Gasteiger partial charge >= 0.3 is 15.1 Å². The third-order valence-electron chi connectivity index (χ3n) is 0.685. The summed E-state index contributed by atoms with van der Waals surface area (Å²) < 4.78 is 18.2. The molecule has 0 spiro atoms. The van der Waals surface area contributed by atoms with Crippen LogP contribution in [-0.2, 0) is 13.3 Å². The molecule has 0 amide bonds. The highest BCUT2D eigenvalue weighted by Gasteiger charge is 2.48. The van der Waals surface area contributed by atoms with Crippen LogP contribution >= 0.6 is 0 Å². The third kappa shape index (κ3) is 0.725. The van der Waals surface area contributed by atoms with Gasteiger partial charge in [-0.3, -0.25) is 4.46 Å². The van der Waals surface area contributed by atoms with Crippen LogP contribution in [0.25, 0.3) is 0 Å². The van der Waals surface area contributed by atoms with Crippen LogP contribution in [0.1, 0.15) is 0 Å². The predicted octanol–water partition coefficient (Wildman–Crippen LogP) is -1.91. The lowest BCUT2D eigenvalue weighted by Gasteiger charge is -2.32. The maximum Gasteiger partial charge on any atom is 0.776 e. The summed E-state index contributed by atoms with van der Waals surface area (Å²) in [5.41, 5.74) is 0. The summed E-state index contributed by atoms with van der Waals surface area (Å²) >= 11 is 0. The molecule has 0 bridgehead atoms. The van der Waals surface area contributed by atoms with Gasteiger partial charge < -0.3 is 19.1 Å². The molecule has 0 radical (unpaired) electrons. The molecule has 1 saturated heterocycles. The zero-order valence-electron chi connectivity index (χ0n) is 3.83. The normalized spacial score (nSPS) is 23.0. The molecule has 46 valence electrons. The van der Waals surface area contributed by atoms with Crippen molar-refractivity contribution < 1.29 is 23.5 Å². The highest BCUT2D eigenvalue weighted by Crippen LogP contribution is 2.17. The van der Waals surface area contributed by atoms with Gasteiger partial charge in [0.1, 0.15) is 6.61 Å². The van der Waals surface area contributed by atoms with Crippen LogP contribution in [-0.4, -0.2) is 32.0 Å². The first-order chi connectivity index (χ1) is 3.66. The Morgan fingerprint density at radius 3 is 2.25 bits per heavy atom. The molecule has 0 aromatic carbocycles. The molecule has 0 aliphatic carbocycles. The fourth-order valence-corrected chi connectivity index (χ4v) is 0.998. The van der Waals surface area contributed by atoms with E-state index < -0.39 is 21.8 Å². The average molecular weight is 136 g/mol. The Morgan fingerprint density at radius 1 is 1.62 bits per heavy atom. The molecular weight excluding hydrogens is 132 g/mol. The molecule has 0 atom stereocenters. The zero-order chi connectivity index (χ0) is 6.20. The third-order valence-corrected chi connectivity index (χ3v) is 1.66. The maximum absolute atomic E-state index is 9.94. The Balaban J connectivity index is 2.40. The lowest BCUT2D eigenvalue weighted by atomic mass is 10.6. The van der Waals surface area contributed by atoms with Crippen LogP contribution in [0, 0.1) is 0 Å². The molecule has 1 heterocycles. The van der Waals surface area contributed by atoms with Gasteiger partial charge in [0, 0.05) is 0 Å². The van der Waals surface area contributed by atoms with E-state index in [0.717, 1.165) is 0 Å². The first-order valence-electron chi connectivity index (χ1n) is 1.91. The highest BCUT2D eigenvalue weighted by molar-refractivity contribution is 6.28. The Morgan fingerprint density at radius 2 is 2.12 bits per heavy atom. The van der Waals surface area contributed by atoms with Gasteiger partial charge in [-0.1, -0.05) is 0 Å². The Kier molecular flexibility index (Phi) is 1.07. The number of hydrogen-bond donors (Lipinski definition) is 2. The maximum atomic E-state index is 9.94. The van der Waals surface area contributed by atoms with Crippen molar-refractivity contribution >= 4 is 9.17 Å². The molecule has 0 aromatic heterocycles. The van der Waals surface area contributed by atoms with Crippen LogP contribution in [0.4, 0.5) is 0 Å². The summed E-state index contributed by atoms with van der Waals surface area (Å²) in [5.74, 6) is -1.98. The molecule has 1 aliphatic rings. The number of hydrogen-bond acceptors (Lipinski definition) is 5. The summed E-state index contributed by atoms with van der Waals surface area (Å²) in [7, 11) is -2.47. The lowest BCUT2D eigenvalue weighted by molar-refractivity contribution is -0.366. The SMILES string of the molecule is O=[Si]1OC(O)(CO)O1. The van der Waals surface area contributed by atoms with Crippen molar-refractivity contribution in [2.75, 3.05) is 6.61 Å². The van der Waals surface area contributed by atoms with Gasteiger partial charge in [0.25, 0.3) is 0 Å². The summed E-state index contributed by atoms with van der Waals surface area (Å²) in [4.78, 5) is 0. The number of aliphatic hydroxyl groups is 2. The van der Waals surface area contributed by atoms with Gasteiger partial charge in [0.05, 0.1) is 0 Å². The summed E-state index contributed by atoms with van der Waals surface area (Å²) in [6.07, 6.45) is 0. The second-order valence-electron chi connectivity index (χ2n) is 1.32. The van der Waals surface area contributed by atoms with Crippen LogP contribution in [0.5, 0.6) is 0 Å². The summed E-state index contributed by atoms with van der Waals surface area (Å²) in [6.45, 7) is -0.691. The molecule has 5 nitrogen and oxygen atoms in total. The van der Waals surface area contributed by atoms with Crippen LogP contribution in [0.3, 0.4) is 0 Å². The largest absolute Gasteiger partial charge is 0.776 e. The second kappa shape index (κ2) is 1.51. The van der Waals surface area contributed by atoms with Crippen molar-refractivity contribution in [1.29, 1.82) is 0 Å². The van der Waals surface area contributed by atoms with E-state index in [9.17, 15) is 4.46 Å². The molecule has 1 aliphatic heterocycles. The molecule has 1 fully saturated rings. The standard InChI is InChI=1S/C2H4O5Si/c3-1-2(4)6-8(5)7-2/h3-4H,1H2. The van der Waals surface area contributed by atoms with Gasteiger partial charge in [0.2, 0.25) is 0 Å². The zero-order valence-corrected chi connectivity index (χ0v) is 4.83. The van der Waals surface area contributed by atoms with E-state index in [2.05, 4.69) is 8.85 Å². The Labute approximate surface area is 46.4 Å². The predicted molar refractivity (Wildman–Crippen MR) is 20.6 cm³/mol. The summed E-state index contributed by atoms with van der Waals surface area (Å²) in [5, 5.41) is 16.7. The van der Waals surface area contributed by atoms with E-state index in [1.54, 1.807) is 0 Å². The second-order valence-corrected chi connectivity index (χ2v) is 2.23. The minimum atomic E-state index is -2.47.